The molecular weight excluding hydrogens is 248 g/mol. The molecule has 2 rings (SSSR count). The van der Waals surface area contributed by atoms with Gasteiger partial charge in [-0.2, -0.15) is 0 Å². The Bertz CT molecular complexity index is 388. The van der Waals surface area contributed by atoms with E-state index in [0.29, 0.717) is 6.04 Å². The first-order chi connectivity index (χ1) is 9.85. The molecule has 1 fully saturated rings. The average molecular weight is 276 g/mol. The molecule has 3 nitrogen and oxygen atoms in total. The monoisotopic (exact) mass is 276 g/mol. The lowest BCUT2D eigenvalue weighted by atomic mass is 10.0. The maximum atomic E-state index is 5.80. The summed E-state index contributed by atoms with van der Waals surface area (Å²) >= 11 is 0. The summed E-state index contributed by atoms with van der Waals surface area (Å²) in [5.41, 5.74) is 1.30. The number of ether oxygens (including phenoxy) is 1. The van der Waals surface area contributed by atoms with Gasteiger partial charge in [-0.05, 0) is 51.9 Å². The molecule has 1 aromatic rings. The van der Waals surface area contributed by atoms with Crippen molar-refractivity contribution in [1.82, 2.24) is 10.2 Å². The van der Waals surface area contributed by atoms with Crippen LogP contribution in [0.4, 0.5) is 0 Å². The summed E-state index contributed by atoms with van der Waals surface area (Å²) in [6, 6.07) is 8.83. The Labute approximate surface area is 123 Å². The fourth-order valence-corrected chi connectivity index (χ4v) is 2.87. The van der Waals surface area contributed by atoms with Gasteiger partial charge in [-0.1, -0.05) is 25.1 Å². The van der Waals surface area contributed by atoms with Gasteiger partial charge in [0.05, 0.1) is 6.61 Å². The minimum atomic E-state index is 0.371. The number of likely N-dealkylation sites (tertiary alicyclic amines) is 1. The van der Waals surface area contributed by atoms with Gasteiger partial charge in [0.25, 0.3) is 0 Å². The molecule has 1 saturated heterocycles. The van der Waals surface area contributed by atoms with E-state index in [9.17, 15) is 0 Å². The lowest BCUT2D eigenvalue weighted by Crippen LogP contribution is -2.34. The lowest BCUT2D eigenvalue weighted by Gasteiger charge is -2.26. The second kappa shape index (κ2) is 8.28. The molecule has 1 aromatic carbocycles. The fourth-order valence-electron chi connectivity index (χ4n) is 2.87. The van der Waals surface area contributed by atoms with Crippen LogP contribution in [0.25, 0.3) is 0 Å². The Hall–Kier alpha value is -1.06. The van der Waals surface area contributed by atoms with E-state index in [1.54, 1.807) is 0 Å². The predicted molar refractivity (Wildman–Crippen MR) is 84.3 cm³/mol. The van der Waals surface area contributed by atoms with Crippen LogP contribution in [0.15, 0.2) is 24.3 Å². The van der Waals surface area contributed by atoms with Crippen molar-refractivity contribution in [2.45, 2.75) is 39.2 Å². The van der Waals surface area contributed by atoms with Gasteiger partial charge >= 0.3 is 0 Å². The van der Waals surface area contributed by atoms with E-state index in [-0.39, 0.29) is 0 Å². The van der Waals surface area contributed by atoms with Gasteiger partial charge in [-0.3, -0.25) is 0 Å². The number of hydrogen-bond acceptors (Lipinski definition) is 3. The third kappa shape index (κ3) is 4.22. The molecule has 1 unspecified atom stereocenters. The molecule has 112 valence electrons. The minimum absolute atomic E-state index is 0.371. The summed E-state index contributed by atoms with van der Waals surface area (Å²) < 4.78 is 5.80. The number of rotatable bonds is 8. The Balaban J connectivity index is 2.11. The van der Waals surface area contributed by atoms with Crippen LogP contribution in [-0.4, -0.2) is 37.7 Å². The average Bonchev–Trinajstić information content (AvgIpc) is 2.97. The van der Waals surface area contributed by atoms with Gasteiger partial charge in [0, 0.05) is 18.2 Å². The molecular formula is C17H28N2O. The summed E-state index contributed by atoms with van der Waals surface area (Å²) in [6.07, 6.45) is 3.84. The van der Waals surface area contributed by atoms with Crippen LogP contribution in [0.3, 0.4) is 0 Å². The highest BCUT2D eigenvalue weighted by Crippen LogP contribution is 2.26. The smallest absolute Gasteiger partial charge is 0.124 e. The molecule has 3 heteroatoms. The molecule has 1 atom stereocenters. The number of hydrogen-bond donors (Lipinski definition) is 1. The molecule has 20 heavy (non-hydrogen) atoms. The summed E-state index contributed by atoms with van der Waals surface area (Å²) in [4.78, 5) is 2.57. The first-order valence-electron chi connectivity index (χ1n) is 8.02. The van der Waals surface area contributed by atoms with E-state index in [0.717, 1.165) is 31.9 Å². The second-order valence-corrected chi connectivity index (χ2v) is 5.49. The molecule has 0 aromatic heterocycles. The van der Waals surface area contributed by atoms with Gasteiger partial charge in [0.1, 0.15) is 5.75 Å². The predicted octanol–water partition coefficient (Wildman–Crippen LogP) is 3.22. The van der Waals surface area contributed by atoms with Gasteiger partial charge in [0.15, 0.2) is 0 Å². The van der Waals surface area contributed by atoms with E-state index in [4.69, 9.17) is 4.74 Å². The normalized spacial score (nSPS) is 17.3. The van der Waals surface area contributed by atoms with Crippen LogP contribution in [0.1, 0.15) is 44.7 Å². The molecule has 1 aliphatic rings. The van der Waals surface area contributed by atoms with Crippen molar-refractivity contribution in [3.8, 4) is 5.75 Å². The molecule has 1 heterocycles. The van der Waals surface area contributed by atoms with Crippen LogP contribution >= 0.6 is 0 Å². The maximum absolute atomic E-state index is 5.80. The summed E-state index contributed by atoms with van der Waals surface area (Å²) in [5.74, 6) is 1.03. The molecule has 0 amide bonds. The fraction of sp³-hybridized carbons (Fsp3) is 0.647. The van der Waals surface area contributed by atoms with Gasteiger partial charge in [0.2, 0.25) is 0 Å². The number of nitrogens with zero attached hydrogens (tertiary/aromatic N) is 1. The second-order valence-electron chi connectivity index (χ2n) is 5.49. The molecule has 0 bridgehead atoms. The van der Waals surface area contributed by atoms with Gasteiger partial charge in [-0.15, -0.1) is 0 Å². The van der Waals surface area contributed by atoms with Crippen LogP contribution in [0.5, 0.6) is 5.75 Å². The zero-order valence-corrected chi connectivity index (χ0v) is 12.9. The zero-order valence-electron chi connectivity index (χ0n) is 12.9. The lowest BCUT2D eigenvalue weighted by molar-refractivity contribution is 0.282. The van der Waals surface area contributed by atoms with Crippen molar-refractivity contribution in [1.29, 1.82) is 0 Å². The molecule has 0 saturated carbocycles. The Kier molecular flexibility index (Phi) is 6.34. The summed E-state index contributed by atoms with van der Waals surface area (Å²) in [6.45, 7) is 9.60. The van der Waals surface area contributed by atoms with Crippen molar-refractivity contribution < 1.29 is 4.74 Å². The highest BCUT2D eigenvalue weighted by atomic mass is 16.5. The standard InChI is InChI=1S/C17H28N2O/c1-3-11-18-16(14-19-12-7-8-13-19)15-9-5-6-10-17(15)20-4-2/h5-6,9-10,16,18H,3-4,7-8,11-14H2,1-2H3. The Morgan fingerprint density at radius 2 is 1.95 bits per heavy atom. The highest BCUT2D eigenvalue weighted by Gasteiger charge is 2.20. The molecule has 0 aliphatic carbocycles. The third-order valence-corrected chi connectivity index (χ3v) is 3.87. The number of nitrogens with one attached hydrogen (secondary N) is 1. The van der Waals surface area contributed by atoms with Crippen molar-refractivity contribution in [3.63, 3.8) is 0 Å². The Morgan fingerprint density at radius 3 is 2.65 bits per heavy atom. The van der Waals surface area contributed by atoms with E-state index >= 15 is 0 Å². The van der Waals surface area contributed by atoms with Crippen LogP contribution < -0.4 is 10.1 Å². The first kappa shape index (κ1) is 15.3. The first-order valence-corrected chi connectivity index (χ1v) is 8.02. The number of para-hydroxylation sites is 1. The number of benzene rings is 1. The molecule has 0 spiro atoms. The molecule has 1 N–H and O–H groups in total. The van der Waals surface area contributed by atoms with E-state index in [1.165, 1.54) is 31.5 Å². The van der Waals surface area contributed by atoms with Crippen molar-refractivity contribution in [2.24, 2.45) is 0 Å². The molecule has 0 radical (unpaired) electrons. The van der Waals surface area contributed by atoms with E-state index in [2.05, 4.69) is 41.4 Å². The topological polar surface area (TPSA) is 24.5 Å². The van der Waals surface area contributed by atoms with Gasteiger partial charge < -0.3 is 15.0 Å². The molecule has 1 aliphatic heterocycles. The quantitative estimate of drug-likeness (QED) is 0.789. The minimum Gasteiger partial charge on any atom is -0.494 e. The Morgan fingerprint density at radius 1 is 1.20 bits per heavy atom. The van der Waals surface area contributed by atoms with Crippen molar-refractivity contribution in [3.05, 3.63) is 29.8 Å². The largest absolute Gasteiger partial charge is 0.494 e. The van der Waals surface area contributed by atoms with Crippen LogP contribution in [-0.2, 0) is 0 Å². The van der Waals surface area contributed by atoms with Gasteiger partial charge in [-0.25, -0.2) is 0 Å². The van der Waals surface area contributed by atoms with Crippen LogP contribution in [0, 0.1) is 0 Å². The maximum Gasteiger partial charge on any atom is 0.124 e. The summed E-state index contributed by atoms with van der Waals surface area (Å²) in [5, 5.41) is 3.69. The van der Waals surface area contributed by atoms with Crippen molar-refractivity contribution in [2.75, 3.05) is 32.8 Å². The SMILES string of the molecule is CCCNC(CN1CCCC1)c1ccccc1OCC. The highest BCUT2D eigenvalue weighted by molar-refractivity contribution is 5.36. The van der Waals surface area contributed by atoms with E-state index < -0.39 is 0 Å². The van der Waals surface area contributed by atoms with E-state index in [1.807, 2.05) is 6.92 Å². The van der Waals surface area contributed by atoms with Crippen LogP contribution in [0.2, 0.25) is 0 Å². The zero-order chi connectivity index (χ0) is 14.2. The summed E-state index contributed by atoms with van der Waals surface area (Å²) in [7, 11) is 0. The van der Waals surface area contributed by atoms with Crippen molar-refractivity contribution >= 4 is 0 Å². The third-order valence-electron chi connectivity index (χ3n) is 3.87.